The van der Waals surface area contributed by atoms with Crippen LogP contribution in [0.1, 0.15) is 37.4 Å². The molecule has 2 fully saturated rings. The third-order valence-corrected chi connectivity index (χ3v) is 5.25. The molecule has 132 valence electrons. The molecule has 2 aromatic rings. The van der Waals surface area contributed by atoms with Gasteiger partial charge in [-0.1, -0.05) is 0 Å². The Labute approximate surface area is 147 Å². The van der Waals surface area contributed by atoms with E-state index in [1.807, 2.05) is 23.8 Å². The number of aromatic nitrogens is 4. The molecule has 1 aliphatic carbocycles. The topological polar surface area (TPSA) is 67.2 Å². The van der Waals surface area contributed by atoms with E-state index in [9.17, 15) is 4.79 Å². The van der Waals surface area contributed by atoms with Gasteiger partial charge in [0.05, 0.1) is 0 Å². The van der Waals surface area contributed by atoms with Gasteiger partial charge in [-0.2, -0.15) is 0 Å². The summed E-state index contributed by atoms with van der Waals surface area (Å²) < 4.78 is 1.85. The number of nitrogens with zero attached hydrogens (tertiary/aromatic N) is 6. The maximum absolute atomic E-state index is 12.7. The van der Waals surface area contributed by atoms with Crippen LogP contribution in [-0.2, 0) is 0 Å². The fourth-order valence-electron chi connectivity index (χ4n) is 3.56. The molecule has 0 atom stereocenters. The number of hydrogen-bond acceptors (Lipinski definition) is 6. The molecule has 3 heterocycles. The normalized spacial score (nSPS) is 18.4. The highest BCUT2D eigenvalue weighted by Crippen LogP contribution is 2.33. The van der Waals surface area contributed by atoms with Crippen molar-refractivity contribution in [1.82, 2.24) is 19.5 Å². The van der Waals surface area contributed by atoms with Gasteiger partial charge < -0.3 is 14.4 Å². The van der Waals surface area contributed by atoms with Gasteiger partial charge in [-0.15, -0.1) is 0 Å². The van der Waals surface area contributed by atoms with Crippen LogP contribution in [0.15, 0.2) is 29.6 Å². The Morgan fingerprint density at radius 2 is 1.88 bits per heavy atom. The highest BCUT2D eigenvalue weighted by molar-refractivity contribution is 5.41. The molecule has 7 nitrogen and oxygen atoms in total. The van der Waals surface area contributed by atoms with Crippen molar-refractivity contribution in [2.45, 2.75) is 44.7 Å². The van der Waals surface area contributed by atoms with Gasteiger partial charge in [0.25, 0.3) is 5.56 Å². The summed E-state index contributed by atoms with van der Waals surface area (Å²) in [6, 6.07) is 2.82. The van der Waals surface area contributed by atoms with Crippen LogP contribution < -0.4 is 15.4 Å². The first kappa shape index (κ1) is 16.1. The third-order valence-electron chi connectivity index (χ3n) is 5.25. The minimum absolute atomic E-state index is 0.0585. The number of anilines is 2. The number of rotatable bonds is 4. The zero-order valence-corrected chi connectivity index (χ0v) is 14.8. The summed E-state index contributed by atoms with van der Waals surface area (Å²) >= 11 is 0. The van der Waals surface area contributed by atoms with Gasteiger partial charge >= 0.3 is 0 Å². The van der Waals surface area contributed by atoms with Crippen LogP contribution in [0.2, 0.25) is 0 Å². The zero-order chi connectivity index (χ0) is 17.4. The van der Waals surface area contributed by atoms with Crippen LogP contribution >= 0.6 is 0 Å². The maximum Gasteiger partial charge on any atom is 0.293 e. The van der Waals surface area contributed by atoms with Crippen LogP contribution in [0.25, 0.3) is 0 Å². The summed E-state index contributed by atoms with van der Waals surface area (Å²) in [5.74, 6) is 1.56. The molecule has 0 radical (unpaired) electrons. The van der Waals surface area contributed by atoms with Crippen molar-refractivity contribution >= 4 is 11.6 Å². The van der Waals surface area contributed by atoms with Gasteiger partial charge in [0, 0.05) is 56.4 Å². The molecule has 7 heteroatoms. The van der Waals surface area contributed by atoms with E-state index >= 15 is 0 Å². The Balaban J connectivity index is 1.45. The molecule has 0 amide bonds. The van der Waals surface area contributed by atoms with Gasteiger partial charge in [-0.3, -0.25) is 4.79 Å². The molecule has 0 spiro atoms. The Bertz CT molecular complexity index is 807. The quantitative estimate of drug-likeness (QED) is 0.845. The van der Waals surface area contributed by atoms with Crippen LogP contribution in [0.5, 0.6) is 0 Å². The van der Waals surface area contributed by atoms with Crippen LogP contribution in [0.3, 0.4) is 0 Å². The maximum atomic E-state index is 12.7. The van der Waals surface area contributed by atoms with Crippen molar-refractivity contribution in [3.05, 3.63) is 40.8 Å². The highest BCUT2D eigenvalue weighted by Gasteiger charge is 2.29. The molecular weight excluding hydrogens is 316 g/mol. The molecule has 0 N–H and O–H groups in total. The number of aryl methyl sites for hydroxylation is 1. The van der Waals surface area contributed by atoms with Crippen molar-refractivity contribution in [3.63, 3.8) is 0 Å². The second kappa shape index (κ2) is 6.46. The average molecular weight is 340 g/mol. The summed E-state index contributed by atoms with van der Waals surface area (Å²) in [5.41, 5.74) is 1.03. The van der Waals surface area contributed by atoms with Crippen LogP contribution in [0, 0.1) is 6.92 Å². The Morgan fingerprint density at radius 3 is 2.56 bits per heavy atom. The van der Waals surface area contributed by atoms with E-state index in [0.29, 0.717) is 17.9 Å². The van der Waals surface area contributed by atoms with E-state index < -0.39 is 0 Å². The molecule has 1 saturated heterocycles. The molecule has 25 heavy (non-hydrogen) atoms. The molecule has 0 unspecified atom stereocenters. The lowest BCUT2D eigenvalue weighted by Crippen LogP contribution is -2.46. The average Bonchev–Trinajstić information content (AvgIpc) is 3.46. The smallest absolute Gasteiger partial charge is 0.293 e. The minimum atomic E-state index is 0.0585. The fraction of sp³-hybridized carbons (Fsp3) is 0.556. The van der Waals surface area contributed by atoms with E-state index in [1.54, 1.807) is 12.5 Å². The second-order valence-electron chi connectivity index (χ2n) is 7.04. The molecular formula is C18H24N6O. The van der Waals surface area contributed by atoms with Crippen molar-refractivity contribution in [3.8, 4) is 0 Å². The lowest BCUT2D eigenvalue weighted by Gasteiger charge is -2.37. The van der Waals surface area contributed by atoms with E-state index in [2.05, 4.69) is 31.8 Å². The van der Waals surface area contributed by atoms with Gasteiger partial charge in [0.1, 0.15) is 12.1 Å². The van der Waals surface area contributed by atoms with E-state index in [4.69, 9.17) is 0 Å². The van der Waals surface area contributed by atoms with Crippen molar-refractivity contribution in [2.75, 3.05) is 29.9 Å². The van der Waals surface area contributed by atoms with Crippen LogP contribution in [-0.4, -0.2) is 45.7 Å². The monoisotopic (exact) mass is 340 g/mol. The molecule has 1 saturated carbocycles. The first-order valence-corrected chi connectivity index (χ1v) is 8.97. The van der Waals surface area contributed by atoms with E-state index in [1.165, 1.54) is 0 Å². The molecule has 4 rings (SSSR count). The number of hydrogen-bond donors (Lipinski definition) is 0. The molecule has 1 aliphatic heterocycles. The van der Waals surface area contributed by atoms with Crippen molar-refractivity contribution < 1.29 is 0 Å². The van der Waals surface area contributed by atoms with Gasteiger partial charge in [-0.25, -0.2) is 15.0 Å². The summed E-state index contributed by atoms with van der Waals surface area (Å²) in [6.07, 6.45) is 9.38. The standard InChI is InChI=1S/C18H24N6O/c1-13-11-16(21-12-20-13)22(2)14-5-8-23(9-6-14)17-18(25)24(10-7-19-17)15-3-4-15/h7,10-12,14-15H,3-6,8-9H2,1-2H3. The molecule has 0 aromatic carbocycles. The summed E-state index contributed by atoms with van der Waals surface area (Å²) in [5, 5.41) is 0. The number of piperidine rings is 1. The zero-order valence-electron chi connectivity index (χ0n) is 14.8. The SMILES string of the molecule is Cc1cc(N(C)C2CCN(c3nccn(C4CC4)c3=O)CC2)ncn1. The Morgan fingerprint density at radius 1 is 1.12 bits per heavy atom. The highest BCUT2D eigenvalue weighted by atomic mass is 16.1. The minimum Gasteiger partial charge on any atom is -0.356 e. The molecule has 2 aromatic heterocycles. The predicted molar refractivity (Wildman–Crippen MR) is 97.2 cm³/mol. The van der Waals surface area contributed by atoms with E-state index in [-0.39, 0.29) is 5.56 Å². The van der Waals surface area contributed by atoms with Gasteiger partial charge in [0.15, 0.2) is 5.82 Å². The van der Waals surface area contributed by atoms with E-state index in [0.717, 1.165) is 50.3 Å². The van der Waals surface area contributed by atoms with Gasteiger partial charge in [0.2, 0.25) is 0 Å². The van der Waals surface area contributed by atoms with Crippen LogP contribution in [0.4, 0.5) is 11.6 Å². The van der Waals surface area contributed by atoms with Crippen molar-refractivity contribution in [1.29, 1.82) is 0 Å². The Kier molecular flexibility index (Phi) is 4.15. The lowest BCUT2D eigenvalue weighted by molar-refractivity contribution is 0.475. The molecule has 0 bridgehead atoms. The Hall–Kier alpha value is -2.44. The third kappa shape index (κ3) is 3.23. The second-order valence-corrected chi connectivity index (χ2v) is 7.04. The first-order valence-electron chi connectivity index (χ1n) is 8.97. The lowest BCUT2D eigenvalue weighted by atomic mass is 10.0. The largest absolute Gasteiger partial charge is 0.356 e. The summed E-state index contributed by atoms with van der Waals surface area (Å²) in [4.78, 5) is 29.9. The van der Waals surface area contributed by atoms with Gasteiger partial charge in [-0.05, 0) is 32.6 Å². The summed E-state index contributed by atoms with van der Waals surface area (Å²) in [6.45, 7) is 3.67. The predicted octanol–water partition coefficient (Wildman–Crippen LogP) is 1.78. The van der Waals surface area contributed by atoms with Crippen molar-refractivity contribution in [2.24, 2.45) is 0 Å². The molecule has 2 aliphatic rings. The first-order chi connectivity index (χ1) is 12.1. The fourth-order valence-corrected chi connectivity index (χ4v) is 3.56. The summed E-state index contributed by atoms with van der Waals surface area (Å²) in [7, 11) is 2.09.